The van der Waals surface area contributed by atoms with Gasteiger partial charge in [0, 0.05) is 13.1 Å². The Balaban J connectivity index is 1.59. The van der Waals surface area contributed by atoms with Gasteiger partial charge in [0.1, 0.15) is 0 Å². The van der Waals surface area contributed by atoms with Crippen molar-refractivity contribution in [3.8, 4) is 11.5 Å². The number of hydrogen-bond donors (Lipinski definition) is 1. The number of ether oxygens (including phenoxy) is 3. The molecule has 1 saturated heterocycles. The molecule has 0 aliphatic carbocycles. The summed E-state index contributed by atoms with van der Waals surface area (Å²) < 4.78 is 16.6. The molecule has 0 saturated carbocycles. The predicted octanol–water partition coefficient (Wildman–Crippen LogP) is 2.15. The van der Waals surface area contributed by atoms with Crippen LogP contribution in [0.5, 0.6) is 11.5 Å². The molecule has 0 bridgehead atoms. The van der Waals surface area contributed by atoms with Gasteiger partial charge in [0.2, 0.25) is 0 Å². The van der Waals surface area contributed by atoms with Crippen LogP contribution in [0.3, 0.4) is 0 Å². The van der Waals surface area contributed by atoms with Crippen molar-refractivity contribution in [2.45, 2.75) is 6.92 Å². The molecular weight excluding hydrogens is 394 g/mol. The second kappa shape index (κ2) is 10.6. The van der Waals surface area contributed by atoms with Gasteiger partial charge in [-0.15, -0.1) is 11.3 Å². The average molecular weight is 417 g/mol. The number of morpholine rings is 1. The molecule has 2 aromatic rings. The quantitative estimate of drug-likeness (QED) is 0.525. The van der Waals surface area contributed by atoms with Crippen molar-refractivity contribution in [3.63, 3.8) is 0 Å². The summed E-state index contributed by atoms with van der Waals surface area (Å²) in [6, 6.07) is 8.78. The normalized spacial score (nSPS) is 14.0. The SMILES string of the molecule is CCOc1cc(/C=N/NC(=O)c2cccs2)ccc1OCC(=O)N1CCOCC1. The van der Waals surface area contributed by atoms with Crippen LogP contribution in [0.2, 0.25) is 0 Å². The topological polar surface area (TPSA) is 89.5 Å². The summed E-state index contributed by atoms with van der Waals surface area (Å²) in [5, 5.41) is 5.81. The summed E-state index contributed by atoms with van der Waals surface area (Å²) in [4.78, 5) is 26.5. The highest BCUT2D eigenvalue weighted by atomic mass is 32.1. The van der Waals surface area contributed by atoms with E-state index in [1.54, 1.807) is 35.2 Å². The monoisotopic (exact) mass is 417 g/mol. The van der Waals surface area contributed by atoms with Crippen molar-refractivity contribution < 1.29 is 23.8 Å². The lowest BCUT2D eigenvalue weighted by molar-refractivity contribution is -0.137. The van der Waals surface area contributed by atoms with E-state index in [1.165, 1.54) is 17.6 Å². The predicted molar refractivity (Wildman–Crippen MR) is 110 cm³/mol. The largest absolute Gasteiger partial charge is 0.490 e. The van der Waals surface area contributed by atoms with Gasteiger partial charge < -0.3 is 19.1 Å². The summed E-state index contributed by atoms with van der Waals surface area (Å²) in [5.41, 5.74) is 3.21. The van der Waals surface area contributed by atoms with Crippen LogP contribution in [0.1, 0.15) is 22.2 Å². The van der Waals surface area contributed by atoms with Crippen LogP contribution in [0.25, 0.3) is 0 Å². The van der Waals surface area contributed by atoms with Crippen molar-refractivity contribution >= 4 is 29.4 Å². The molecule has 29 heavy (non-hydrogen) atoms. The molecule has 0 radical (unpaired) electrons. The number of amides is 2. The average Bonchev–Trinajstić information content (AvgIpc) is 3.29. The fourth-order valence-corrected chi connectivity index (χ4v) is 3.28. The van der Waals surface area contributed by atoms with E-state index in [4.69, 9.17) is 14.2 Å². The van der Waals surface area contributed by atoms with Gasteiger partial charge >= 0.3 is 0 Å². The van der Waals surface area contributed by atoms with E-state index in [2.05, 4.69) is 10.5 Å². The van der Waals surface area contributed by atoms with Crippen LogP contribution in [-0.4, -0.2) is 62.4 Å². The van der Waals surface area contributed by atoms with Crippen LogP contribution >= 0.6 is 11.3 Å². The van der Waals surface area contributed by atoms with E-state index in [1.807, 2.05) is 12.3 Å². The van der Waals surface area contributed by atoms with Crippen LogP contribution in [0.15, 0.2) is 40.8 Å². The highest BCUT2D eigenvalue weighted by Crippen LogP contribution is 2.28. The first-order chi connectivity index (χ1) is 14.2. The second-order valence-electron chi connectivity index (χ2n) is 6.10. The minimum absolute atomic E-state index is 0.0651. The lowest BCUT2D eigenvalue weighted by atomic mass is 10.2. The number of hydrogen-bond acceptors (Lipinski definition) is 7. The smallest absolute Gasteiger partial charge is 0.281 e. The maximum absolute atomic E-state index is 12.3. The van der Waals surface area contributed by atoms with Crippen LogP contribution in [0, 0.1) is 0 Å². The Morgan fingerprint density at radius 3 is 2.79 bits per heavy atom. The van der Waals surface area contributed by atoms with Gasteiger partial charge in [0.05, 0.1) is 30.9 Å². The number of nitrogens with one attached hydrogen (secondary N) is 1. The van der Waals surface area contributed by atoms with Gasteiger partial charge in [-0.25, -0.2) is 5.43 Å². The Labute approximate surface area is 173 Å². The minimum atomic E-state index is -0.261. The minimum Gasteiger partial charge on any atom is -0.490 e. The van der Waals surface area contributed by atoms with Crippen molar-refractivity contribution in [1.29, 1.82) is 0 Å². The number of hydrazone groups is 1. The van der Waals surface area contributed by atoms with Gasteiger partial charge in [0.25, 0.3) is 11.8 Å². The van der Waals surface area contributed by atoms with Crippen molar-refractivity contribution in [1.82, 2.24) is 10.3 Å². The van der Waals surface area contributed by atoms with Gasteiger partial charge in [0.15, 0.2) is 18.1 Å². The van der Waals surface area contributed by atoms with E-state index >= 15 is 0 Å². The Kier molecular flexibility index (Phi) is 7.60. The van der Waals surface area contributed by atoms with E-state index < -0.39 is 0 Å². The summed E-state index contributed by atoms with van der Waals surface area (Å²) in [6.07, 6.45) is 1.52. The Morgan fingerprint density at radius 1 is 1.24 bits per heavy atom. The molecule has 9 heteroatoms. The van der Waals surface area contributed by atoms with Crippen molar-refractivity contribution in [3.05, 3.63) is 46.2 Å². The molecule has 2 amide bonds. The van der Waals surface area contributed by atoms with Crippen molar-refractivity contribution in [2.75, 3.05) is 39.5 Å². The molecule has 0 unspecified atom stereocenters. The summed E-state index contributed by atoms with van der Waals surface area (Å²) in [6.45, 7) is 4.50. The van der Waals surface area contributed by atoms with E-state index in [-0.39, 0.29) is 18.4 Å². The van der Waals surface area contributed by atoms with Crippen LogP contribution < -0.4 is 14.9 Å². The third-order valence-corrected chi connectivity index (χ3v) is 4.98. The number of thiophene rings is 1. The molecule has 1 aliphatic heterocycles. The highest BCUT2D eigenvalue weighted by molar-refractivity contribution is 7.12. The number of benzene rings is 1. The summed E-state index contributed by atoms with van der Waals surface area (Å²) >= 11 is 1.35. The molecule has 8 nitrogen and oxygen atoms in total. The van der Waals surface area contributed by atoms with E-state index in [9.17, 15) is 9.59 Å². The van der Waals surface area contributed by atoms with Crippen LogP contribution in [-0.2, 0) is 9.53 Å². The summed E-state index contributed by atoms with van der Waals surface area (Å²) in [5.74, 6) is 0.643. The number of nitrogens with zero attached hydrogens (tertiary/aromatic N) is 2. The molecule has 2 heterocycles. The number of carbonyl (C=O) groups excluding carboxylic acids is 2. The number of carbonyl (C=O) groups is 2. The maximum atomic E-state index is 12.3. The molecule has 1 aromatic carbocycles. The Morgan fingerprint density at radius 2 is 2.07 bits per heavy atom. The lowest BCUT2D eigenvalue weighted by Gasteiger charge is -2.26. The number of rotatable bonds is 8. The molecule has 3 rings (SSSR count). The zero-order chi connectivity index (χ0) is 20.5. The van der Waals surface area contributed by atoms with Gasteiger partial charge in [-0.1, -0.05) is 6.07 Å². The first kappa shape index (κ1) is 20.8. The fraction of sp³-hybridized carbons (Fsp3) is 0.350. The molecule has 1 aliphatic rings. The van der Waals surface area contributed by atoms with Crippen molar-refractivity contribution in [2.24, 2.45) is 5.10 Å². The molecule has 1 aromatic heterocycles. The Bertz CT molecular complexity index is 848. The van der Waals surface area contributed by atoms with Gasteiger partial charge in [-0.05, 0) is 42.1 Å². The third-order valence-electron chi connectivity index (χ3n) is 4.11. The molecule has 154 valence electrons. The van der Waals surface area contributed by atoms with Crippen LogP contribution in [0.4, 0.5) is 0 Å². The fourth-order valence-electron chi connectivity index (χ4n) is 2.66. The zero-order valence-electron chi connectivity index (χ0n) is 16.1. The Hall–Kier alpha value is -2.91. The highest BCUT2D eigenvalue weighted by Gasteiger charge is 2.18. The van der Waals surface area contributed by atoms with Gasteiger partial charge in [-0.3, -0.25) is 9.59 Å². The molecular formula is C20H23N3O5S. The maximum Gasteiger partial charge on any atom is 0.281 e. The second-order valence-corrected chi connectivity index (χ2v) is 7.05. The van der Waals surface area contributed by atoms with E-state index in [0.717, 1.165) is 5.56 Å². The molecule has 0 spiro atoms. The standard InChI is InChI=1S/C20H23N3O5S/c1-2-27-17-12-15(13-21-22-20(25)18-4-3-11-29-18)5-6-16(17)28-14-19(24)23-7-9-26-10-8-23/h3-6,11-13H,2,7-10,14H2,1H3,(H,22,25)/b21-13+. The zero-order valence-corrected chi connectivity index (χ0v) is 16.9. The molecule has 0 atom stereocenters. The molecule has 1 N–H and O–H groups in total. The first-order valence-electron chi connectivity index (χ1n) is 9.29. The lowest BCUT2D eigenvalue weighted by Crippen LogP contribution is -2.43. The van der Waals surface area contributed by atoms with E-state index in [0.29, 0.717) is 49.3 Å². The third kappa shape index (κ3) is 6.03. The molecule has 1 fully saturated rings. The summed E-state index contributed by atoms with van der Waals surface area (Å²) in [7, 11) is 0. The van der Waals surface area contributed by atoms with Gasteiger partial charge in [-0.2, -0.15) is 5.10 Å². The first-order valence-corrected chi connectivity index (χ1v) is 10.2.